The number of rotatable bonds is 2. The molecule has 1 aromatic carbocycles. The number of ketones is 1. The third kappa shape index (κ3) is 3.82. The van der Waals surface area contributed by atoms with Crippen molar-refractivity contribution in [3.63, 3.8) is 0 Å². The van der Waals surface area contributed by atoms with E-state index in [1.165, 1.54) is 5.57 Å². The molecule has 4 saturated carbocycles. The minimum absolute atomic E-state index is 0.0134. The first kappa shape index (κ1) is 29.2. The molecule has 0 radical (unpaired) electrons. The number of carboxylic acids is 1. The van der Waals surface area contributed by atoms with Gasteiger partial charge in [0.1, 0.15) is 0 Å². The van der Waals surface area contributed by atoms with Gasteiger partial charge < -0.3 is 5.11 Å². The SMILES string of the molecule is C[C@H]1[C@H](C)CC[C@]2(C(=O)O)CC[C@]3(C)C(=CC[C@@H]4[C@@]5(C)C/C(=C\c6ccc(Cl)cc6)C(=O)C(C)(C)[C@@H]5CC[C@]43C)[C@H]12. The molecule has 9 atom stereocenters. The van der Waals surface area contributed by atoms with Gasteiger partial charge in [0.05, 0.1) is 5.41 Å². The summed E-state index contributed by atoms with van der Waals surface area (Å²) in [5.41, 5.74) is 2.44. The number of hydrogen-bond donors (Lipinski definition) is 1. The number of aliphatic carboxylic acids is 1. The molecule has 3 nitrogen and oxygen atoms in total. The minimum Gasteiger partial charge on any atom is -0.481 e. The van der Waals surface area contributed by atoms with Gasteiger partial charge in [-0.1, -0.05) is 83.8 Å². The van der Waals surface area contributed by atoms with Crippen molar-refractivity contribution in [1.82, 2.24) is 0 Å². The van der Waals surface area contributed by atoms with Crippen molar-refractivity contribution in [2.24, 2.45) is 56.7 Å². The summed E-state index contributed by atoms with van der Waals surface area (Å²) in [7, 11) is 0. The second kappa shape index (κ2) is 9.31. The highest BCUT2D eigenvalue weighted by Gasteiger charge is 2.70. The Labute approximate surface area is 252 Å². The highest BCUT2D eigenvalue weighted by molar-refractivity contribution is 6.30. The van der Waals surface area contributed by atoms with Crippen LogP contribution in [0.1, 0.15) is 105 Å². The third-order valence-electron chi connectivity index (χ3n) is 14.2. The quantitative estimate of drug-likeness (QED) is 0.281. The number of carbonyl (C=O) groups is 2. The molecule has 222 valence electrons. The van der Waals surface area contributed by atoms with E-state index in [4.69, 9.17) is 11.6 Å². The lowest BCUT2D eigenvalue weighted by Crippen LogP contribution is -2.65. The van der Waals surface area contributed by atoms with E-state index in [-0.39, 0.29) is 22.2 Å². The van der Waals surface area contributed by atoms with Crippen molar-refractivity contribution < 1.29 is 14.7 Å². The van der Waals surface area contributed by atoms with E-state index in [0.29, 0.717) is 34.5 Å². The number of fused-ring (bicyclic) bond motifs is 7. The van der Waals surface area contributed by atoms with Crippen LogP contribution in [0.15, 0.2) is 41.5 Å². The van der Waals surface area contributed by atoms with E-state index in [0.717, 1.165) is 62.5 Å². The molecule has 4 heteroatoms. The molecule has 0 aliphatic heterocycles. The molecular weight excluding hydrogens is 528 g/mol. The van der Waals surface area contributed by atoms with Gasteiger partial charge in [-0.2, -0.15) is 0 Å². The van der Waals surface area contributed by atoms with E-state index < -0.39 is 16.8 Å². The molecule has 1 N–H and O–H groups in total. The first-order valence-electron chi connectivity index (χ1n) is 16.1. The molecule has 5 aliphatic carbocycles. The smallest absolute Gasteiger partial charge is 0.310 e. The summed E-state index contributed by atoms with van der Waals surface area (Å²) >= 11 is 6.16. The number of hydrogen-bond acceptors (Lipinski definition) is 2. The lowest BCUT2D eigenvalue weighted by molar-refractivity contribution is -0.185. The van der Waals surface area contributed by atoms with Crippen molar-refractivity contribution in [3.8, 4) is 0 Å². The zero-order chi connectivity index (χ0) is 29.8. The van der Waals surface area contributed by atoms with Gasteiger partial charge in [0.2, 0.25) is 0 Å². The second-order valence-corrected chi connectivity index (χ2v) is 16.5. The molecule has 6 rings (SSSR count). The van der Waals surface area contributed by atoms with Gasteiger partial charge in [0.15, 0.2) is 5.78 Å². The van der Waals surface area contributed by atoms with E-state index in [1.54, 1.807) is 0 Å². The van der Waals surface area contributed by atoms with Gasteiger partial charge in [-0.05, 0) is 127 Å². The van der Waals surface area contributed by atoms with E-state index in [1.807, 2.05) is 24.3 Å². The Balaban J connectivity index is 1.45. The van der Waals surface area contributed by atoms with Crippen LogP contribution < -0.4 is 0 Å². The lowest BCUT2D eigenvalue weighted by atomic mass is 9.33. The van der Waals surface area contributed by atoms with E-state index in [2.05, 4.69) is 60.6 Å². The van der Waals surface area contributed by atoms with Crippen molar-refractivity contribution in [1.29, 1.82) is 0 Å². The summed E-state index contributed by atoms with van der Waals surface area (Å²) in [5, 5.41) is 11.4. The molecule has 0 unspecified atom stereocenters. The summed E-state index contributed by atoms with van der Waals surface area (Å²) in [6.45, 7) is 16.6. The van der Waals surface area contributed by atoms with Crippen LogP contribution in [0, 0.1) is 56.7 Å². The lowest BCUT2D eigenvalue weighted by Gasteiger charge is -2.70. The first-order valence-corrected chi connectivity index (χ1v) is 16.4. The van der Waals surface area contributed by atoms with Crippen LogP contribution in [-0.2, 0) is 9.59 Å². The largest absolute Gasteiger partial charge is 0.481 e. The summed E-state index contributed by atoms with van der Waals surface area (Å²) < 4.78 is 0. The molecule has 4 fully saturated rings. The van der Waals surface area contributed by atoms with Gasteiger partial charge in [-0.15, -0.1) is 0 Å². The summed E-state index contributed by atoms with van der Waals surface area (Å²) in [5.74, 6) is 1.53. The molecule has 5 aliphatic rings. The highest BCUT2D eigenvalue weighted by Crippen LogP contribution is 2.75. The third-order valence-corrected chi connectivity index (χ3v) is 14.5. The van der Waals surface area contributed by atoms with Gasteiger partial charge >= 0.3 is 5.97 Å². The Morgan fingerprint density at radius 2 is 1.63 bits per heavy atom. The van der Waals surface area contributed by atoms with E-state index in [9.17, 15) is 14.7 Å². The maximum atomic E-state index is 14.0. The van der Waals surface area contributed by atoms with Gasteiger partial charge in [-0.3, -0.25) is 9.59 Å². The Hall–Kier alpha value is -1.87. The minimum atomic E-state index is -0.616. The standard InChI is InChI=1S/C37H49ClO3/c1-22-14-17-37(32(40)41)19-18-35(6)27(30(37)23(22)2)12-13-29-34(5)21-25(20-24-8-10-26(38)11-9-24)31(39)33(3,4)28(34)15-16-36(29,35)7/h8-12,20,22-23,28-30H,13-19,21H2,1-7H3,(H,40,41)/b25-20+/t22-,23+,28+,29-,30+,34+,35-,36-,37+/m1/s1. The predicted octanol–water partition coefficient (Wildman–Crippen LogP) is 9.64. The molecular formula is C37H49ClO3. The van der Waals surface area contributed by atoms with Crippen molar-refractivity contribution in [2.75, 3.05) is 0 Å². The van der Waals surface area contributed by atoms with Crippen LogP contribution in [0.25, 0.3) is 6.08 Å². The van der Waals surface area contributed by atoms with Crippen molar-refractivity contribution >= 4 is 29.4 Å². The van der Waals surface area contributed by atoms with Crippen LogP contribution >= 0.6 is 11.6 Å². The molecule has 0 spiro atoms. The Bertz CT molecular complexity index is 1340. The zero-order valence-corrected chi connectivity index (χ0v) is 26.9. The number of carbonyl (C=O) groups excluding carboxylic acids is 1. The Morgan fingerprint density at radius 1 is 0.951 bits per heavy atom. The first-order chi connectivity index (χ1) is 19.1. The fourth-order valence-electron chi connectivity index (χ4n) is 11.6. The predicted molar refractivity (Wildman–Crippen MR) is 166 cm³/mol. The number of benzene rings is 1. The number of halogens is 1. The maximum absolute atomic E-state index is 14.0. The zero-order valence-electron chi connectivity index (χ0n) is 26.1. The molecule has 0 saturated heterocycles. The average molecular weight is 577 g/mol. The summed E-state index contributed by atoms with van der Waals surface area (Å²) in [6.07, 6.45) is 12.2. The molecule has 0 bridgehead atoms. The van der Waals surface area contributed by atoms with Crippen LogP contribution in [0.4, 0.5) is 0 Å². The molecule has 0 amide bonds. The van der Waals surface area contributed by atoms with Gasteiger partial charge in [0.25, 0.3) is 0 Å². The number of allylic oxidation sites excluding steroid dienone is 3. The second-order valence-electron chi connectivity index (χ2n) is 16.1. The molecule has 1 aromatic rings. The highest BCUT2D eigenvalue weighted by atomic mass is 35.5. The van der Waals surface area contributed by atoms with Crippen LogP contribution in [-0.4, -0.2) is 16.9 Å². The topological polar surface area (TPSA) is 54.4 Å². The summed E-state index contributed by atoms with van der Waals surface area (Å²) in [6, 6.07) is 7.82. The van der Waals surface area contributed by atoms with Crippen LogP contribution in [0.2, 0.25) is 5.02 Å². The van der Waals surface area contributed by atoms with Crippen molar-refractivity contribution in [3.05, 3.63) is 52.1 Å². The number of Topliss-reactive ketones (excluding diaryl/α,β-unsaturated/α-hetero) is 1. The Kier molecular flexibility index (Phi) is 6.64. The average Bonchev–Trinajstić information content (AvgIpc) is 2.90. The molecule has 0 heterocycles. The Morgan fingerprint density at radius 3 is 2.29 bits per heavy atom. The number of carboxylic acid groups (broad SMARTS) is 1. The van der Waals surface area contributed by atoms with E-state index >= 15 is 0 Å². The van der Waals surface area contributed by atoms with Crippen LogP contribution in [0.3, 0.4) is 0 Å². The van der Waals surface area contributed by atoms with Crippen LogP contribution in [0.5, 0.6) is 0 Å². The molecule has 0 aromatic heterocycles. The van der Waals surface area contributed by atoms with Gasteiger partial charge in [-0.25, -0.2) is 0 Å². The maximum Gasteiger partial charge on any atom is 0.310 e. The monoisotopic (exact) mass is 576 g/mol. The van der Waals surface area contributed by atoms with Crippen molar-refractivity contribution in [2.45, 2.75) is 99.8 Å². The normalized spacial score (nSPS) is 46.0. The molecule has 41 heavy (non-hydrogen) atoms. The summed E-state index contributed by atoms with van der Waals surface area (Å²) in [4.78, 5) is 27.0. The fourth-order valence-corrected chi connectivity index (χ4v) is 11.7. The fraction of sp³-hybridized carbons (Fsp3) is 0.676. The van der Waals surface area contributed by atoms with Gasteiger partial charge in [0, 0.05) is 10.4 Å².